The van der Waals surface area contributed by atoms with E-state index >= 15 is 0 Å². The number of Topliss-reactive ketones (excluding diaryl/α,β-unsaturated/α-hetero) is 1. The molecule has 0 spiro atoms. The van der Waals surface area contributed by atoms with Crippen molar-refractivity contribution in [1.29, 1.82) is 0 Å². The number of aromatic amines is 1. The average Bonchev–Trinajstić information content (AvgIpc) is 3.39. The van der Waals surface area contributed by atoms with Crippen LogP contribution < -0.4 is 4.74 Å². The number of aryl methyl sites for hydroxylation is 1. The van der Waals surface area contributed by atoms with Crippen LogP contribution in [0.2, 0.25) is 0 Å². The van der Waals surface area contributed by atoms with Crippen molar-refractivity contribution in [1.82, 2.24) is 9.88 Å². The van der Waals surface area contributed by atoms with E-state index in [-0.39, 0.29) is 30.5 Å². The lowest BCUT2D eigenvalue weighted by molar-refractivity contribution is 0.0593. The van der Waals surface area contributed by atoms with E-state index in [0.29, 0.717) is 33.9 Å². The predicted octanol–water partition coefficient (Wildman–Crippen LogP) is 3.55. The molecule has 31 heavy (non-hydrogen) atoms. The number of hydrogen-bond donors (Lipinski definition) is 1. The molecule has 2 aromatic heterocycles. The van der Waals surface area contributed by atoms with E-state index in [1.165, 1.54) is 25.4 Å². The van der Waals surface area contributed by atoms with Crippen LogP contribution in [-0.2, 0) is 11.3 Å². The van der Waals surface area contributed by atoms with Gasteiger partial charge in [-0.15, -0.1) is 0 Å². The number of carbonyl (C=O) groups excluding carboxylic acids is 3. The Morgan fingerprint density at radius 1 is 1.10 bits per heavy atom. The summed E-state index contributed by atoms with van der Waals surface area (Å²) in [4.78, 5) is 42.7. The number of nitrogens with zero attached hydrogens (tertiary/aromatic N) is 1. The van der Waals surface area contributed by atoms with Crippen molar-refractivity contribution in [2.24, 2.45) is 0 Å². The second-order valence-corrected chi connectivity index (χ2v) is 7.01. The van der Waals surface area contributed by atoms with E-state index < -0.39 is 5.97 Å². The summed E-state index contributed by atoms with van der Waals surface area (Å²) >= 11 is 0. The first kappa shape index (κ1) is 21.9. The monoisotopic (exact) mass is 424 g/mol. The predicted molar refractivity (Wildman–Crippen MR) is 112 cm³/mol. The standard InChI is InChI=1S/C23H24N2O6/c1-14-20(15(2)24-21(14)23(28)30-4)19(26)13-25(12-18-9-6-10-31-18)22(27)16-7-5-8-17(11-16)29-3/h5-11,24H,12-13H2,1-4H3. The van der Waals surface area contributed by atoms with Crippen molar-refractivity contribution in [2.75, 3.05) is 20.8 Å². The Balaban J connectivity index is 1.92. The number of H-pyrrole nitrogens is 1. The zero-order chi connectivity index (χ0) is 22.5. The second-order valence-electron chi connectivity index (χ2n) is 7.01. The highest BCUT2D eigenvalue weighted by Gasteiger charge is 2.26. The Kier molecular flexibility index (Phi) is 6.59. The van der Waals surface area contributed by atoms with E-state index in [2.05, 4.69) is 4.98 Å². The van der Waals surface area contributed by atoms with Crippen molar-refractivity contribution in [3.63, 3.8) is 0 Å². The number of ether oxygens (including phenoxy) is 2. The molecule has 8 heteroatoms. The summed E-state index contributed by atoms with van der Waals surface area (Å²) in [5.74, 6) is -0.122. The summed E-state index contributed by atoms with van der Waals surface area (Å²) in [5.41, 5.74) is 2.00. The number of hydrogen-bond acceptors (Lipinski definition) is 6. The van der Waals surface area contributed by atoms with Gasteiger partial charge in [-0.05, 0) is 49.7 Å². The molecule has 1 amide bonds. The number of benzene rings is 1. The maximum absolute atomic E-state index is 13.2. The summed E-state index contributed by atoms with van der Waals surface area (Å²) in [6.07, 6.45) is 1.51. The van der Waals surface area contributed by atoms with Gasteiger partial charge in [-0.2, -0.15) is 0 Å². The van der Waals surface area contributed by atoms with E-state index in [4.69, 9.17) is 13.9 Å². The summed E-state index contributed by atoms with van der Waals surface area (Å²) in [6, 6.07) is 10.2. The molecule has 0 fully saturated rings. The molecular formula is C23H24N2O6. The number of amides is 1. The molecule has 0 radical (unpaired) electrons. The number of ketones is 1. The first-order valence-electron chi connectivity index (χ1n) is 9.62. The maximum Gasteiger partial charge on any atom is 0.354 e. The summed E-state index contributed by atoms with van der Waals surface area (Å²) in [7, 11) is 2.79. The molecule has 2 heterocycles. The van der Waals surface area contributed by atoms with E-state index in [0.717, 1.165) is 0 Å². The topological polar surface area (TPSA) is 102 Å². The highest BCUT2D eigenvalue weighted by Crippen LogP contribution is 2.21. The van der Waals surface area contributed by atoms with Gasteiger partial charge in [0.2, 0.25) is 0 Å². The molecule has 0 saturated carbocycles. The highest BCUT2D eigenvalue weighted by molar-refractivity contribution is 6.05. The third kappa shape index (κ3) is 4.69. The molecule has 8 nitrogen and oxygen atoms in total. The highest BCUT2D eigenvalue weighted by atomic mass is 16.5. The molecule has 1 N–H and O–H groups in total. The minimum Gasteiger partial charge on any atom is -0.497 e. The van der Waals surface area contributed by atoms with Gasteiger partial charge in [0, 0.05) is 16.8 Å². The number of carbonyl (C=O) groups is 3. The first-order chi connectivity index (χ1) is 14.8. The summed E-state index contributed by atoms with van der Waals surface area (Å²) in [5, 5.41) is 0. The van der Waals surface area contributed by atoms with Crippen LogP contribution in [0.1, 0.15) is 48.2 Å². The molecule has 0 atom stereocenters. The van der Waals surface area contributed by atoms with Crippen molar-refractivity contribution in [2.45, 2.75) is 20.4 Å². The summed E-state index contributed by atoms with van der Waals surface area (Å²) in [6.45, 7) is 3.29. The van der Waals surface area contributed by atoms with Gasteiger partial charge in [0.15, 0.2) is 5.78 Å². The number of methoxy groups -OCH3 is 2. The summed E-state index contributed by atoms with van der Waals surface area (Å²) < 4.78 is 15.4. The van der Waals surface area contributed by atoms with Crippen LogP contribution in [0, 0.1) is 13.8 Å². The fourth-order valence-electron chi connectivity index (χ4n) is 3.46. The normalized spacial score (nSPS) is 10.6. The molecule has 0 unspecified atom stereocenters. The van der Waals surface area contributed by atoms with E-state index in [1.807, 2.05) is 0 Å². The average molecular weight is 424 g/mol. The van der Waals surface area contributed by atoms with Crippen molar-refractivity contribution in [3.05, 3.63) is 76.5 Å². The van der Waals surface area contributed by atoms with Crippen LogP contribution in [0.4, 0.5) is 0 Å². The van der Waals surface area contributed by atoms with Gasteiger partial charge in [-0.25, -0.2) is 4.79 Å². The fourth-order valence-corrected chi connectivity index (χ4v) is 3.46. The van der Waals surface area contributed by atoms with Gasteiger partial charge in [0.1, 0.15) is 17.2 Å². The zero-order valence-corrected chi connectivity index (χ0v) is 17.9. The van der Waals surface area contributed by atoms with Gasteiger partial charge in [0.25, 0.3) is 5.91 Å². The fraction of sp³-hybridized carbons (Fsp3) is 0.261. The number of nitrogens with one attached hydrogen (secondary N) is 1. The number of esters is 1. The maximum atomic E-state index is 13.2. The Hall–Kier alpha value is -3.81. The van der Waals surface area contributed by atoms with E-state index in [1.54, 1.807) is 50.2 Å². The lowest BCUT2D eigenvalue weighted by Gasteiger charge is -2.21. The van der Waals surface area contributed by atoms with Gasteiger partial charge in [0.05, 0.1) is 33.6 Å². The van der Waals surface area contributed by atoms with Gasteiger partial charge >= 0.3 is 5.97 Å². The Morgan fingerprint density at radius 3 is 2.52 bits per heavy atom. The minimum absolute atomic E-state index is 0.112. The smallest absolute Gasteiger partial charge is 0.354 e. The molecule has 0 aliphatic carbocycles. The molecule has 0 bridgehead atoms. The van der Waals surface area contributed by atoms with Crippen LogP contribution in [0.25, 0.3) is 0 Å². The van der Waals surface area contributed by atoms with Crippen LogP contribution in [0.3, 0.4) is 0 Å². The van der Waals surface area contributed by atoms with Crippen LogP contribution in [0.5, 0.6) is 5.75 Å². The number of aromatic nitrogens is 1. The number of rotatable bonds is 8. The number of furan rings is 1. The van der Waals surface area contributed by atoms with Crippen molar-refractivity contribution in [3.8, 4) is 5.75 Å². The third-order valence-electron chi connectivity index (χ3n) is 4.97. The molecular weight excluding hydrogens is 400 g/mol. The molecule has 1 aromatic carbocycles. The van der Waals surface area contributed by atoms with E-state index in [9.17, 15) is 14.4 Å². The van der Waals surface area contributed by atoms with Crippen molar-refractivity contribution < 1.29 is 28.3 Å². The molecule has 162 valence electrons. The second kappa shape index (κ2) is 9.34. The molecule has 0 aliphatic heterocycles. The van der Waals surface area contributed by atoms with Gasteiger partial charge in [-0.1, -0.05) is 6.07 Å². The van der Waals surface area contributed by atoms with Crippen LogP contribution in [0.15, 0.2) is 47.1 Å². The largest absolute Gasteiger partial charge is 0.497 e. The molecule has 0 aliphatic rings. The van der Waals surface area contributed by atoms with Crippen LogP contribution >= 0.6 is 0 Å². The van der Waals surface area contributed by atoms with Gasteiger partial charge in [-0.3, -0.25) is 9.59 Å². The lowest BCUT2D eigenvalue weighted by atomic mass is 10.0. The Bertz CT molecular complexity index is 1100. The Morgan fingerprint density at radius 2 is 1.87 bits per heavy atom. The minimum atomic E-state index is -0.556. The molecule has 0 saturated heterocycles. The van der Waals surface area contributed by atoms with Crippen LogP contribution in [-0.4, -0.2) is 48.3 Å². The lowest BCUT2D eigenvalue weighted by Crippen LogP contribution is -2.35. The van der Waals surface area contributed by atoms with Crippen molar-refractivity contribution >= 4 is 17.7 Å². The zero-order valence-electron chi connectivity index (χ0n) is 17.9. The molecule has 3 aromatic rings. The van der Waals surface area contributed by atoms with Gasteiger partial charge < -0.3 is 23.8 Å². The Labute approximate surface area is 179 Å². The quantitative estimate of drug-likeness (QED) is 0.438. The molecule has 3 rings (SSSR count). The third-order valence-corrected chi connectivity index (χ3v) is 4.97. The SMILES string of the molecule is COC(=O)c1[nH]c(C)c(C(=O)CN(Cc2ccco2)C(=O)c2cccc(OC)c2)c1C. The first-order valence-corrected chi connectivity index (χ1v) is 9.62.